The minimum absolute atomic E-state index is 0.143. The van der Waals surface area contributed by atoms with E-state index in [2.05, 4.69) is 0 Å². The fourth-order valence-electron chi connectivity index (χ4n) is 2.98. The molecule has 0 spiro atoms. The Hall–Kier alpha value is -1.69. The van der Waals surface area contributed by atoms with Crippen LogP contribution in [-0.4, -0.2) is 47.3 Å². The van der Waals surface area contributed by atoms with Crippen molar-refractivity contribution in [1.29, 1.82) is 0 Å². The molecule has 0 bridgehead atoms. The number of aliphatic carboxylic acids is 1. The Morgan fingerprint density at radius 3 is 2.35 bits per heavy atom. The maximum Gasteiger partial charge on any atom is 0.329 e. The number of carboxylic acids is 1. The van der Waals surface area contributed by atoms with E-state index in [1.54, 1.807) is 14.2 Å². The molecule has 1 aromatic rings. The lowest BCUT2D eigenvalue weighted by Gasteiger charge is -2.41. The molecule has 126 valence electrons. The zero-order valence-corrected chi connectivity index (χ0v) is 14.4. The van der Waals surface area contributed by atoms with Gasteiger partial charge in [-0.25, -0.2) is 4.79 Å². The van der Waals surface area contributed by atoms with Crippen LogP contribution < -0.4 is 4.74 Å². The van der Waals surface area contributed by atoms with E-state index in [4.69, 9.17) is 4.74 Å². The Balaban J connectivity index is 1.99. The summed E-state index contributed by atoms with van der Waals surface area (Å²) >= 11 is 1.41. The van der Waals surface area contributed by atoms with Gasteiger partial charge in [-0.1, -0.05) is 19.3 Å². The van der Waals surface area contributed by atoms with Gasteiger partial charge < -0.3 is 14.7 Å². The standard InChI is InChI=1S/C17H23NO4S/c1-18(17(16(20)21)10-4-3-5-11-17)15(19)12-23-14-8-6-13(22-2)7-9-14/h6-9H,3-5,10-12H2,1-2H3,(H,20,21). The second-order valence-electron chi connectivity index (χ2n) is 5.81. The van der Waals surface area contributed by atoms with Crippen LogP contribution in [0.4, 0.5) is 0 Å². The molecule has 0 atom stereocenters. The zero-order valence-electron chi connectivity index (χ0n) is 13.6. The van der Waals surface area contributed by atoms with Crippen molar-refractivity contribution >= 4 is 23.6 Å². The van der Waals surface area contributed by atoms with Crippen LogP contribution in [-0.2, 0) is 9.59 Å². The molecule has 2 rings (SSSR count). The van der Waals surface area contributed by atoms with Gasteiger partial charge in [-0.05, 0) is 37.1 Å². The average Bonchev–Trinajstić information content (AvgIpc) is 2.59. The first-order valence-electron chi connectivity index (χ1n) is 7.76. The monoisotopic (exact) mass is 337 g/mol. The van der Waals surface area contributed by atoms with Gasteiger partial charge in [0, 0.05) is 11.9 Å². The summed E-state index contributed by atoms with van der Waals surface area (Å²) < 4.78 is 5.10. The van der Waals surface area contributed by atoms with Crippen LogP contribution in [0.5, 0.6) is 5.75 Å². The summed E-state index contributed by atoms with van der Waals surface area (Å²) in [6.45, 7) is 0. The number of hydrogen-bond donors (Lipinski definition) is 1. The summed E-state index contributed by atoms with van der Waals surface area (Å²) in [7, 11) is 3.23. The van der Waals surface area contributed by atoms with E-state index in [9.17, 15) is 14.7 Å². The third-order valence-electron chi connectivity index (χ3n) is 4.52. The van der Waals surface area contributed by atoms with E-state index in [0.29, 0.717) is 12.8 Å². The fraction of sp³-hybridized carbons (Fsp3) is 0.529. The molecular weight excluding hydrogens is 314 g/mol. The molecule has 1 amide bonds. The van der Waals surface area contributed by atoms with Crippen molar-refractivity contribution in [3.05, 3.63) is 24.3 Å². The second-order valence-corrected chi connectivity index (χ2v) is 6.86. The van der Waals surface area contributed by atoms with E-state index in [-0.39, 0.29) is 11.7 Å². The third kappa shape index (κ3) is 3.99. The van der Waals surface area contributed by atoms with Gasteiger partial charge in [0.1, 0.15) is 11.3 Å². The van der Waals surface area contributed by atoms with Crippen LogP contribution in [0.2, 0.25) is 0 Å². The molecule has 5 nitrogen and oxygen atoms in total. The summed E-state index contributed by atoms with van der Waals surface area (Å²) in [5, 5.41) is 9.64. The van der Waals surface area contributed by atoms with Gasteiger partial charge in [0.2, 0.25) is 5.91 Å². The maximum absolute atomic E-state index is 12.5. The van der Waals surface area contributed by atoms with Gasteiger partial charge in [-0.3, -0.25) is 4.79 Å². The Labute approximate surface area is 141 Å². The zero-order chi connectivity index (χ0) is 16.9. The highest BCUT2D eigenvalue weighted by molar-refractivity contribution is 8.00. The lowest BCUT2D eigenvalue weighted by Crippen LogP contribution is -2.56. The topological polar surface area (TPSA) is 66.8 Å². The average molecular weight is 337 g/mol. The smallest absolute Gasteiger partial charge is 0.329 e. The Bertz CT molecular complexity index is 552. The van der Waals surface area contributed by atoms with Crippen LogP contribution in [0.1, 0.15) is 32.1 Å². The first-order valence-corrected chi connectivity index (χ1v) is 8.75. The molecule has 0 aliphatic heterocycles. The van der Waals surface area contributed by atoms with E-state index in [1.807, 2.05) is 24.3 Å². The number of carbonyl (C=O) groups is 2. The lowest BCUT2D eigenvalue weighted by molar-refractivity contribution is -0.159. The molecule has 0 heterocycles. The SMILES string of the molecule is COc1ccc(SCC(=O)N(C)C2(C(=O)O)CCCCC2)cc1. The summed E-state index contributed by atoms with van der Waals surface area (Å²) in [6.07, 6.45) is 3.83. The molecule has 1 N–H and O–H groups in total. The molecular formula is C17H23NO4S. The van der Waals surface area contributed by atoms with Crippen molar-refractivity contribution < 1.29 is 19.4 Å². The number of likely N-dealkylation sites (N-methyl/N-ethyl adjacent to an activating group) is 1. The Kier molecular flexibility index (Phi) is 5.93. The summed E-state index contributed by atoms with van der Waals surface area (Å²) in [6, 6.07) is 7.47. The summed E-state index contributed by atoms with van der Waals surface area (Å²) in [5.41, 5.74) is -1.03. The minimum atomic E-state index is -1.03. The van der Waals surface area contributed by atoms with Crippen LogP contribution in [0, 0.1) is 0 Å². The number of carboxylic acid groups (broad SMARTS) is 1. The van der Waals surface area contributed by atoms with Gasteiger partial charge >= 0.3 is 5.97 Å². The van der Waals surface area contributed by atoms with Crippen molar-refractivity contribution in [2.24, 2.45) is 0 Å². The highest BCUT2D eigenvalue weighted by atomic mass is 32.2. The lowest BCUT2D eigenvalue weighted by atomic mass is 9.80. The number of ether oxygens (including phenoxy) is 1. The Morgan fingerprint density at radius 1 is 1.22 bits per heavy atom. The molecule has 0 radical (unpaired) electrons. The van der Waals surface area contributed by atoms with Crippen LogP contribution in [0.25, 0.3) is 0 Å². The van der Waals surface area contributed by atoms with Gasteiger partial charge in [-0.2, -0.15) is 0 Å². The normalized spacial score (nSPS) is 16.6. The first-order chi connectivity index (χ1) is 11.0. The number of amides is 1. The molecule has 0 aromatic heterocycles. The van der Waals surface area contributed by atoms with Crippen molar-refractivity contribution in [1.82, 2.24) is 4.90 Å². The number of carbonyl (C=O) groups excluding carboxylic acids is 1. The molecule has 0 unspecified atom stereocenters. The summed E-state index contributed by atoms with van der Waals surface area (Å²) in [4.78, 5) is 26.6. The van der Waals surface area contributed by atoms with E-state index in [0.717, 1.165) is 29.9 Å². The van der Waals surface area contributed by atoms with Gasteiger partial charge in [-0.15, -0.1) is 11.8 Å². The molecule has 6 heteroatoms. The predicted octanol–water partition coefficient (Wildman–Crippen LogP) is 3.03. The van der Waals surface area contributed by atoms with Crippen molar-refractivity contribution in [3.63, 3.8) is 0 Å². The Morgan fingerprint density at radius 2 is 1.83 bits per heavy atom. The van der Waals surface area contributed by atoms with Crippen LogP contribution >= 0.6 is 11.8 Å². The molecule has 1 saturated carbocycles. The van der Waals surface area contributed by atoms with Crippen molar-refractivity contribution in [3.8, 4) is 5.75 Å². The third-order valence-corrected chi connectivity index (χ3v) is 5.51. The van der Waals surface area contributed by atoms with E-state index < -0.39 is 11.5 Å². The molecule has 1 fully saturated rings. The van der Waals surface area contributed by atoms with Crippen LogP contribution in [0.3, 0.4) is 0 Å². The van der Waals surface area contributed by atoms with E-state index in [1.165, 1.54) is 16.7 Å². The number of thioether (sulfide) groups is 1. The predicted molar refractivity (Wildman–Crippen MR) is 89.9 cm³/mol. The summed E-state index contributed by atoms with van der Waals surface area (Å²) in [5.74, 6) is -0.0276. The number of hydrogen-bond acceptors (Lipinski definition) is 4. The number of methoxy groups -OCH3 is 1. The molecule has 1 aromatic carbocycles. The number of benzene rings is 1. The second kappa shape index (κ2) is 7.73. The molecule has 1 aliphatic rings. The first kappa shape index (κ1) is 17.7. The minimum Gasteiger partial charge on any atom is -0.497 e. The van der Waals surface area contributed by atoms with Crippen molar-refractivity contribution in [2.45, 2.75) is 42.5 Å². The maximum atomic E-state index is 12.5. The van der Waals surface area contributed by atoms with Crippen LogP contribution in [0.15, 0.2) is 29.2 Å². The number of nitrogens with zero attached hydrogens (tertiary/aromatic N) is 1. The van der Waals surface area contributed by atoms with Gasteiger partial charge in [0.15, 0.2) is 0 Å². The molecule has 1 aliphatic carbocycles. The quantitative estimate of drug-likeness (QED) is 0.808. The van der Waals surface area contributed by atoms with Gasteiger partial charge in [0.25, 0.3) is 0 Å². The van der Waals surface area contributed by atoms with Gasteiger partial charge in [0.05, 0.1) is 12.9 Å². The molecule has 23 heavy (non-hydrogen) atoms. The highest BCUT2D eigenvalue weighted by Gasteiger charge is 2.45. The van der Waals surface area contributed by atoms with Crippen molar-refractivity contribution in [2.75, 3.05) is 19.9 Å². The molecule has 0 saturated heterocycles. The fourth-order valence-corrected chi connectivity index (χ4v) is 3.79. The number of rotatable bonds is 6. The van der Waals surface area contributed by atoms with E-state index >= 15 is 0 Å². The highest BCUT2D eigenvalue weighted by Crippen LogP contribution is 2.34. The largest absolute Gasteiger partial charge is 0.497 e.